The second-order valence-corrected chi connectivity index (χ2v) is 10.1. The average Bonchev–Trinajstić information content (AvgIpc) is 2.84. The molecule has 0 heterocycles. The van der Waals surface area contributed by atoms with E-state index in [-0.39, 0.29) is 11.5 Å². The first-order valence-corrected chi connectivity index (χ1v) is 12.8. The molecular formula is C27H25NO5S. The van der Waals surface area contributed by atoms with Crippen molar-refractivity contribution >= 4 is 33.2 Å². The van der Waals surface area contributed by atoms with Crippen molar-refractivity contribution in [3.63, 3.8) is 0 Å². The molecule has 0 fully saturated rings. The quantitative estimate of drug-likeness (QED) is 0.366. The number of ether oxygens (including phenoxy) is 1. The highest BCUT2D eigenvalue weighted by atomic mass is 32.2. The normalized spacial score (nSPS) is 15.8. The van der Waals surface area contributed by atoms with E-state index in [4.69, 9.17) is 9.57 Å². The summed E-state index contributed by atoms with van der Waals surface area (Å²) < 4.78 is 29.0. The molecule has 3 aromatic rings. The van der Waals surface area contributed by atoms with Crippen LogP contribution < -0.4 is 0 Å². The number of benzene rings is 3. The van der Waals surface area contributed by atoms with Crippen molar-refractivity contribution in [3.05, 3.63) is 101 Å². The summed E-state index contributed by atoms with van der Waals surface area (Å²) >= 11 is 0. The lowest BCUT2D eigenvalue weighted by Crippen LogP contribution is -2.16. The molecule has 1 aliphatic rings. The molecule has 0 unspecified atom stereocenters. The number of hydrogen-bond donors (Lipinski definition) is 0. The summed E-state index contributed by atoms with van der Waals surface area (Å²) in [5.74, 6) is -0.570. The minimum Gasteiger partial charge on any atom is -0.365 e. The fourth-order valence-electron chi connectivity index (χ4n) is 3.74. The number of carbonyl (C=O) groups excluding carboxylic acids is 1. The van der Waals surface area contributed by atoms with Crippen LogP contribution in [0.1, 0.15) is 28.7 Å². The van der Waals surface area contributed by atoms with Gasteiger partial charge in [0.1, 0.15) is 6.61 Å². The molecule has 0 atom stereocenters. The van der Waals surface area contributed by atoms with Gasteiger partial charge in [0, 0.05) is 11.8 Å². The Hall–Kier alpha value is -3.55. The number of sulfone groups is 1. The van der Waals surface area contributed by atoms with Crippen LogP contribution in [0.4, 0.5) is 0 Å². The van der Waals surface area contributed by atoms with E-state index < -0.39 is 15.8 Å². The van der Waals surface area contributed by atoms with Gasteiger partial charge in [-0.3, -0.25) is 0 Å². The van der Waals surface area contributed by atoms with E-state index in [9.17, 15) is 13.2 Å². The topological polar surface area (TPSA) is 82.0 Å². The van der Waals surface area contributed by atoms with Crippen molar-refractivity contribution in [2.45, 2.75) is 24.3 Å². The van der Waals surface area contributed by atoms with Crippen LogP contribution in [-0.4, -0.2) is 33.0 Å². The van der Waals surface area contributed by atoms with Crippen molar-refractivity contribution in [2.24, 2.45) is 5.16 Å². The maximum atomic E-state index is 12.2. The van der Waals surface area contributed by atoms with Gasteiger partial charge in [0.15, 0.2) is 9.84 Å². The Balaban J connectivity index is 1.51. The Morgan fingerprint density at radius 3 is 2.38 bits per heavy atom. The molecule has 0 saturated carbocycles. The highest BCUT2D eigenvalue weighted by Gasteiger charge is 2.21. The predicted molar refractivity (Wildman–Crippen MR) is 132 cm³/mol. The Morgan fingerprint density at radius 2 is 1.65 bits per heavy atom. The lowest BCUT2D eigenvalue weighted by atomic mass is 9.85. The van der Waals surface area contributed by atoms with Gasteiger partial charge in [-0.25, -0.2) is 13.2 Å². The van der Waals surface area contributed by atoms with Gasteiger partial charge >= 0.3 is 5.97 Å². The average molecular weight is 476 g/mol. The lowest BCUT2D eigenvalue weighted by Gasteiger charge is -2.20. The summed E-state index contributed by atoms with van der Waals surface area (Å²) in [4.78, 5) is 17.6. The lowest BCUT2D eigenvalue weighted by molar-refractivity contribution is -0.149. The maximum Gasteiger partial charge on any atom is 0.360 e. The van der Waals surface area contributed by atoms with Gasteiger partial charge in [0.25, 0.3) is 0 Å². The van der Waals surface area contributed by atoms with Crippen molar-refractivity contribution < 1.29 is 22.8 Å². The predicted octanol–water partition coefficient (Wildman–Crippen LogP) is 4.69. The molecule has 4 rings (SSSR count). The van der Waals surface area contributed by atoms with Crippen LogP contribution in [0, 0.1) is 0 Å². The van der Waals surface area contributed by atoms with E-state index in [1.165, 1.54) is 11.8 Å². The number of fused-ring (bicyclic) bond motifs is 1. The van der Waals surface area contributed by atoms with Crippen molar-refractivity contribution in [3.8, 4) is 0 Å². The van der Waals surface area contributed by atoms with Gasteiger partial charge in [-0.1, -0.05) is 71.9 Å². The van der Waals surface area contributed by atoms with Gasteiger partial charge in [-0.05, 0) is 53.3 Å². The Bertz CT molecular complexity index is 1330. The molecule has 0 aliphatic heterocycles. The van der Waals surface area contributed by atoms with E-state index in [1.807, 2.05) is 54.6 Å². The molecular weight excluding hydrogens is 450 g/mol. The standard InChI is InChI=1S/C27H25NO5S/c1-34(30,31)23-14-11-20(12-15-23)17-25-24-10-6-5-9-22(24)13-16-26(25)28-33-27(29)19-32-18-21-7-3-2-4-8-21/h2-12,14-15,17H,13,16,18-19H2,1H3/b25-17?,28-26-. The second kappa shape index (κ2) is 10.6. The smallest absolute Gasteiger partial charge is 0.360 e. The van der Waals surface area contributed by atoms with E-state index in [1.54, 1.807) is 24.3 Å². The van der Waals surface area contributed by atoms with Crippen molar-refractivity contribution in [1.82, 2.24) is 0 Å². The molecule has 174 valence electrons. The highest BCUT2D eigenvalue weighted by Crippen LogP contribution is 2.31. The molecule has 6 nitrogen and oxygen atoms in total. The minimum absolute atomic E-state index is 0.200. The third-order valence-electron chi connectivity index (χ3n) is 5.46. The Morgan fingerprint density at radius 1 is 0.941 bits per heavy atom. The fourth-order valence-corrected chi connectivity index (χ4v) is 4.37. The summed E-state index contributed by atoms with van der Waals surface area (Å²) in [6.45, 7) is 0.114. The van der Waals surface area contributed by atoms with Crippen LogP contribution in [0.15, 0.2) is 88.9 Å². The van der Waals surface area contributed by atoms with Crippen molar-refractivity contribution in [1.29, 1.82) is 0 Å². The largest absolute Gasteiger partial charge is 0.365 e. The van der Waals surface area contributed by atoms with Gasteiger partial charge in [-0.2, -0.15) is 0 Å². The number of oxime groups is 1. The second-order valence-electron chi connectivity index (χ2n) is 8.04. The monoisotopic (exact) mass is 475 g/mol. The van der Waals surface area contributed by atoms with E-state index in [0.29, 0.717) is 18.7 Å². The summed E-state index contributed by atoms with van der Waals surface area (Å²) in [5.41, 5.74) is 5.48. The van der Waals surface area contributed by atoms with Crippen LogP contribution in [0.3, 0.4) is 0 Å². The summed E-state index contributed by atoms with van der Waals surface area (Å²) in [6.07, 6.45) is 4.51. The Kier molecular flexibility index (Phi) is 7.35. The third kappa shape index (κ3) is 6.07. The van der Waals surface area contributed by atoms with Gasteiger partial charge in [0.05, 0.1) is 17.2 Å². The zero-order valence-electron chi connectivity index (χ0n) is 18.8. The van der Waals surface area contributed by atoms with Gasteiger partial charge in [0.2, 0.25) is 0 Å². The zero-order valence-corrected chi connectivity index (χ0v) is 19.6. The minimum atomic E-state index is -3.27. The van der Waals surface area contributed by atoms with Crippen LogP contribution in [0.2, 0.25) is 0 Å². The van der Waals surface area contributed by atoms with Gasteiger partial charge < -0.3 is 9.57 Å². The molecule has 3 aromatic carbocycles. The molecule has 0 N–H and O–H groups in total. The molecule has 0 spiro atoms. The summed E-state index contributed by atoms with van der Waals surface area (Å²) in [5, 5.41) is 4.17. The number of rotatable bonds is 7. The fraction of sp³-hybridized carbons (Fsp3) is 0.185. The van der Waals surface area contributed by atoms with Crippen LogP contribution >= 0.6 is 0 Å². The summed E-state index contributed by atoms with van der Waals surface area (Å²) in [6, 6.07) is 24.3. The molecule has 0 bridgehead atoms. The molecule has 0 amide bonds. The number of nitrogens with zero attached hydrogens (tertiary/aromatic N) is 1. The third-order valence-corrected chi connectivity index (χ3v) is 6.59. The van der Waals surface area contributed by atoms with Gasteiger partial charge in [-0.15, -0.1) is 0 Å². The highest BCUT2D eigenvalue weighted by molar-refractivity contribution is 7.90. The zero-order chi connectivity index (χ0) is 24.0. The number of allylic oxidation sites excluding steroid dienone is 1. The first-order valence-electron chi connectivity index (χ1n) is 10.9. The first-order chi connectivity index (χ1) is 16.4. The van der Waals surface area contributed by atoms with E-state index >= 15 is 0 Å². The van der Waals surface area contributed by atoms with Crippen LogP contribution in [-0.2, 0) is 37.2 Å². The first kappa shape index (κ1) is 23.6. The molecule has 7 heteroatoms. The summed E-state index contributed by atoms with van der Waals surface area (Å²) in [7, 11) is -3.27. The van der Waals surface area contributed by atoms with Crippen LogP contribution in [0.25, 0.3) is 11.6 Å². The molecule has 34 heavy (non-hydrogen) atoms. The van der Waals surface area contributed by atoms with E-state index in [0.717, 1.165) is 28.7 Å². The number of hydrogen-bond acceptors (Lipinski definition) is 6. The SMILES string of the molecule is CS(=O)(=O)c1ccc(C=C2/C(=N\OC(=O)COCc3ccccc3)CCc3ccccc32)cc1. The van der Waals surface area contributed by atoms with Crippen LogP contribution in [0.5, 0.6) is 0 Å². The Labute approximate surface area is 199 Å². The van der Waals surface area contributed by atoms with Crippen molar-refractivity contribution in [2.75, 3.05) is 12.9 Å². The number of carbonyl (C=O) groups is 1. The number of aryl methyl sites for hydroxylation is 1. The molecule has 0 aromatic heterocycles. The molecule has 0 radical (unpaired) electrons. The molecule has 0 saturated heterocycles. The van der Waals surface area contributed by atoms with E-state index in [2.05, 4.69) is 11.2 Å². The molecule has 1 aliphatic carbocycles. The maximum absolute atomic E-state index is 12.2.